The summed E-state index contributed by atoms with van der Waals surface area (Å²) >= 11 is 0. The zero-order chi connectivity index (χ0) is 32.8. The molecule has 0 aromatic heterocycles. The Morgan fingerprint density at radius 2 is 1.82 bits per heavy atom. The summed E-state index contributed by atoms with van der Waals surface area (Å²) in [4.78, 5) is 17.7. The molecule has 8 nitrogen and oxygen atoms in total. The van der Waals surface area contributed by atoms with Crippen molar-refractivity contribution in [3.05, 3.63) is 35.3 Å². The Labute approximate surface area is 263 Å². The molecule has 3 aliphatic rings. The van der Waals surface area contributed by atoms with Crippen LogP contribution in [0.15, 0.2) is 35.3 Å². The number of hydrogen-bond donors (Lipinski definition) is 4. The van der Waals surface area contributed by atoms with Gasteiger partial charge in [0.25, 0.3) is 11.8 Å². The van der Waals surface area contributed by atoms with Gasteiger partial charge in [-0.25, -0.2) is 8.78 Å². The van der Waals surface area contributed by atoms with Crippen LogP contribution in [0.25, 0.3) is 0 Å². The van der Waals surface area contributed by atoms with Crippen molar-refractivity contribution in [2.45, 2.75) is 111 Å². The molecule has 0 aromatic carbocycles. The number of halogens is 2. The van der Waals surface area contributed by atoms with Crippen molar-refractivity contribution >= 4 is 17.3 Å². The van der Waals surface area contributed by atoms with Crippen LogP contribution in [-0.2, 0) is 9.53 Å². The highest BCUT2D eigenvalue weighted by atomic mass is 19.3. The van der Waals surface area contributed by atoms with Gasteiger partial charge in [0.05, 0.1) is 24.0 Å². The van der Waals surface area contributed by atoms with Crippen LogP contribution in [0.2, 0.25) is 0 Å². The van der Waals surface area contributed by atoms with Crippen LogP contribution >= 0.6 is 0 Å². The molecule has 248 valence electrons. The number of hydrogen-bond acceptors (Lipinski definition) is 7. The second-order valence-electron chi connectivity index (χ2n) is 13.9. The maximum atomic E-state index is 14.5. The highest BCUT2D eigenvalue weighted by Gasteiger charge is 2.71. The smallest absolute Gasteiger partial charge is 0.254 e. The largest absolute Gasteiger partial charge is 0.381 e. The number of rotatable bonds is 11. The molecule has 1 aliphatic heterocycles. The van der Waals surface area contributed by atoms with Gasteiger partial charge in [0.2, 0.25) is 0 Å². The molecule has 44 heavy (non-hydrogen) atoms. The van der Waals surface area contributed by atoms with E-state index < -0.39 is 17.4 Å². The quantitative estimate of drug-likeness (QED) is 0.157. The minimum Gasteiger partial charge on any atom is -0.381 e. The van der Waals surface area contributed by atoms with Gasteiger partial charge in [-0.3, -0.25) is 9.69 Å². The van der Waals surface area contributed by atoms with Gasteiger partial charge in [0, 0.05) is 56.2 Å². The molecule has 2 saturated carbocycles. The first-order valence-corrected chi connectivity index (χ1v) is 16.2. The lowest BCUT2D eigenvalue weighted by molar-refractivity contribution is -0.118. The number of alkyl halides is 2. The average Bonchev–Trinajstić information content (AvgIpc) is 3.45. The molecule has 3 fully saturated rings. The molecular formula is C34H56F2N6O2. The summed E-state index contributed by atoms with van der Waals surface area (Å²) in [6, 6.07) is -0.474. The number of carbonyl (C=O) groups is 1. The summed E-state index contributed by atoms with van der Waals surface area (Å²) in [6.07, 6.45) is 6.90. The predicted octanol–water partition coefficient (Wildman–Crippen LogP) is 6.46. The van der Waals surface area contributed by atoms with E-state index in [1.54, 1.807) is 20.8 Å². The van der Waals surface area contributed by atoms with Crippen LogP contribution in [-0.4, -0.2) is 78.6 Å². The van der Waals surface area contributed by atoms with E-state index in [0.29, 0.717) is 48.9 Å². The van der Waals surface area contributed by atoms with Crippen LogP contribution in [0, 0.1) is 28.1 Å². The molecule has 0 radical (unpaired) electrons. The van der Waals surface area contributed by atoms with Crippen molar-refractivity contribution in [3.63, 3.8) is 0 Å². The Morgan fingerprint density at radius 1 is 1.14 bits per heavy atom. The Bertz CT molecular complexity index is 1150. The number of ether oxygens (including phenoxy) is 1. The molecule has 2 aliphatic carbocycles. The fourth-order valence-electron chi connectivity index (χ4n) is 7.25. The lowest BCUT2D eigenvalue weighted by Gasteiger charge is -2.41. The van der Waals surface area contributed by atoms with Gasteiger partial charge in [-0.1, -0.05) is 25.5 Å². The maximum absolute atomic E-state index is 14.5. The third-order valence-electron chi connectivity index (χ3n) is 9.62. The van der Waals surface area contributed by atoms with Gasteiger partial charge in [0.1, 0.15) is 6.17 Å². The first-order valence-electron chi connectivity index (χ1n) is 16.2. The summed E-state index contributed by atoms with van der Waals surface area (Å²) in [5.41, 5.74) is 1.60. The van der Waals surface area contributed by atoms with E-state index in [4.69, 9.17) is 15.6 Å². The lowest BCUT2D eigenvalue weighted by Crippen LogP contribution is -2.53. The second kappa shape index (κ2) is 15.1. The number of allylic oxidation sites excluding steroid dienone is 1. The molecule has 5 atom stereocenters. The summed E-state index contributed by atoms with van der Waals surface area (Å²) in [6.45, 7) is 18.5. The van der Waals surface area contributed by atoms with E-state index >= 15 is 0 Å². The van der Waals surface area contributed by atoms with E-state index in [0.717, 1.165) is 56.5 Å². The molecule has 5 unspecified atom stereocenters. The molecule has 1 saturated heterocycles. The number of nitrogens with one attached hydrogen (secondary N) is 4. The van der Waals surface area contributed by atoms with E-state index in [9.17, 15) is 13.6 Å². The van der Waals surface area contributed by atoms with Gasteiger partial charge in [0.15, 0.2) is 0 Å². The molecule has 1 spiro atoms. The van der Waals surface area contributed by atoms with Crippen molar-refractivity contribution in [3.8, 4) is 0 Å². The van der Waals surface area contributed by atoms with Crippen molar-refractivity contribution in [1.82, 2.24) is 20.4 Å². The van der Waals surface area contributed by atoms with Crippen molar-refractivity contribution in [2.75, 3.05) is 33.4 Å². The fraction of sp³-hybridized carbons (Fsp3) is 0.735. The molecule has 10 heteroatoms. The zero-order valence-electron chi connectivity index (χ0n) is 28.0. The first-order chi connectivity index (χ1) is 20.6. The third-order valence-corrected chi connectivity index (χ3v) is 9.62. The lowest BCUT2D eigenvalue weighted by atomic mass is 9.74. The van der Waals surface area contributed by atoms with E-state index in [-0.39, 0.29) is 30.1 Å². The average molecular weight is 619 g/mol. The maximum Gasteiger partial charge on any atom is 0.254 e. The molecule has 1 heterocycles. The van der Waals surface area contributed by atoms with Crippen LogP contribution < -0.4 is 10.6 Å². The first kappa shape index (κ1) is 35.9. The third kappa shape index (κ3) is 8.77. The van der Waals surface area contributed by atoms with E-state index in [2.05, 4.69) is 29.0 Å². The van der Waals surface area contributed by atoms with E-state index in [1.807, 2.05) is 32.0 Å². The Morgan fingerprint density at radius 3 is 2.41 bits per heavy atom. The predicted molar refractivity (Wildman–Crippen MR) is 174 cm³/mol. The van der Waals surface area contributed by atoms with E-state index in [1.165, 1.54) is 0 Å². The van der Waals surface area contributed by atoms with Gasteiger partial charge < -0.3 is 31.1 Å². The number of carbonyl (C=O) groups excluding carboxylic acids is 1. The summed E-state index contributed by atoms with van der Waals surface area (Å²) in [5, 5.41) is 23.2. The van der Waals surface area contributed by atoms with Crippen molar-refractivity contribution in [2.24, 2.45) is 17.3 Å². The van der Waals surface area contributed by atoms with Crippen LogP contribution in [0.5, 0.6) is 0 Å². The second-order valence-corrected chi connectivity index (χ2v) is 13.9. The molecule has 0 aromatic rings. The van der Waals surface area contributed by atoms with Gasteiger partial charge >= 0.3 is 0 Å². The van der Waals surface area contributed by atoms with Crippen LogP contribution in [0.4, 0.5) is 8.78 Å². The SMILES string of the molecule is C=C(N/C=C(\C)C(NC(=O)C(C(C)=N)=C(C)C)C1CCCC2(C1)CC2(F)F)N(C)C(C(C)=N)N1CCCCCOCC(C)C1. The van der Waals surface area contributed by atoms with Crippen LogP contribution in [0.1, 0.15) is 92.9 Å². The van der Waals surface area contributed by atoms with Gasteiger partial charge in [-0.2, -0.15) is 0 Å². The molecule has 4 N–H and O–H groups in total. The summed E-state index contributed by atoms with van der Waals surface area (Å²) in [5.74, 6) is -2.22. The van der Waals surface area contributed by atoms with Crippen molar-refractivity contribution < 1.29 is 18.3 Å². The Hall–Kier alpha value is -2.59. The molecule has 0 bridgehead atoms. The topological polar surface area (TPSA) is 105 Å². The normalized spacial score (nSPS) is 27.4. The minimum atomic E-state index is -2.64. The fourth-order valence-corrected chi connectivity index (χ4v) is 7.25. The van der Waals surface area contributed by atoms with Gasteiger partial charge in [-0.05, 0) is 90.6 Å². The van der Waals surface area contributed by atoms with Crippen molar-refractivity contribution in [1.29, 1.82) is 10.8 Å². The number of nitrogens with zero attached hydrogens (tertiary/aromatic N) is 2. The highest BCUT2D eigenvalue weighted by molar-refractivity contribution is 6.20. The monoisotopic (exact) mass is 618 g/mol. The summed E-state index contributed by atoms with van der Waals surface area (Å²) in [7, 11) is 1.93. The molecule has 3 rings (SSSR count). The van der Waals surface area contributed by atoms with Gasteiger partial charge in [-0.15, -0.1) is 0 Å². The highest BCUT2D eigenvalue weighted by Crippen LogP contribution is 2.68. The summed E-state index contributed by atoms with van der Waals surface area (Å²) < 4.78 is 34.8. The standard InChI is InChI=1S/C34H56F2N6O2/c1-22(2)29(25(5)37)31(43)40-30(28-13-12-14-33(17-28)21-34(33,35)36)24(4)18-39-27(7)41(8)32(26(6)38)42-15-10-9-11-16-44-20-23(3)19-42/h18,23,28,30,32,37-39H,7,9-17,19-21H2,1-6,8H3,(H,40,43)/b24-18+,37-25?,38-26?. The minimum absolute atomic E-state index is 0.0792. The molecule has 1 amide bonds. The Kier molecular flexibility index (Phi) is 12.3. The molecular weight excluding hydrogens is 562 g/mol. The number of amides is 1. The van der Waals surface area contributed by atoms with Crippen LogP contribution in [0.3, 0.4) is 0 Å². The Balaban J connectivity index is 1.82. The zero-order valence-corrected chi connectivity index (χ0v) is 28.0.